The Morgan fingerprint density at radius 1 is 1.38 bits per heavy atom. The predicted molar refractivity (Wildman–Crippen MR) is 44.3 cm³/mol. The lowest BCUT2D eigenvalue weighted by atomic mass is 10.3. The van der Waals surface area contributed by atoms with Crippen LogP contribution in [0.25, 0.3) is 0 Å². The van der Waals surface area contributed by atoms with Crippen LogP contribution in [0.1, 0.15) is 0 Å². The van der Waals surface area contributed by atoms with Gasteiger partial charge in [-0.25, -0.2) is 13.6 Å². The molecule has 70 valence electrons. The number of primary amides is 1. The van der Waals surface area contributed by atoms with E-state index in [9.17, 15) is 13.6 Å². The molecule has 0 unspecified atom stereocenters. The zero-order valence-electron chi connectivity index (χ0n) is 6.18. The van der Waals surface area contributed by atoms with Gasteiger partial charge in [0.2, 0.25) is 5.75 Å². The molecule has 0 atom stereocenters. The van der Waals surface area contributed by atoms with Crippen molar-refractivity contribution in [3.8, 4) is 5.75 Å². The Bertz CT molecular complexity index is 333. The molecule has 0 spiro atoms. The molecule has 3 nitrogen and oxygen atoms in total. The SMILES string of the molecule is NC(=O)Oc1c(F)cc(Br)cc1F. The first-order valence-corrected chi connectivity index (χ1v) is 3.92. The average Bonchev–Trinajstić information content (AvgIpc) is 1.96. The lowest BCUT2D eigenvalue weighted by Crippen LogP contribution is -2.17. The number of benzene rings is 1. The summed E-state index contributed by atoms with van der Waals surface area (Å²) in [5.41, 5.74) is 4.59. The molecule has 0 aromatic heterocycles. The van der Waals surface area contributed by atoms with Gasteiger partial charge in [-0.1, -0.05) is 15.9 Å². The molecule has 6 heteroatoms. The first kappa shape index (κ1) is 9.91. The van der Waals surface area contributed by atoms with E-state index in [0.29, 0.717) is 0 Å². The molecule has 0 aliphatic carbocycles. The normalized spacial score (nSPS) is 9.77. The fourth-order valence-corrected chi connectivity index (χ4v) is 1.13. The minimum atomic E-state index is -1.26. The zero-order chi connectivity index (χ0) is 10.0. The van der Waals surface area contributed by atoms with Crippen molar-refractivity contribution < 1.29 is 18.3 Å². The van der Waals surface area contributed by atoms with Gasteiger partial charge in [-0.2, -0.15) is 0 Å². The number of rotatable bonds is 1. The molecule has 0 saturated heterocycles. The fraction of sp³-hybridized carbons (Fsp3) is 0. The topological polar surface area (TPSA) is 52.3 Å². The Kier molecular flexibility index (Phi) is 2.82. The molecule has 0 aliphatic heterocycles. The lowest BCUT2D eigenvalue weighted by Gasteiger charge is -2.03. The second-order valence-corrected chi connectivity index (χ2v) is 3.04. The lowest BCUT2D eigenvalue weighted by molar-refractivity contribution is 0.206. The largest absolute Gasteiger partial charge is 0.410 e. The first-order chi connectivity index (χ1) is 6.00. The highest BCUT2D eigenvalue weighted by molar-refractivity contribution is 9.10. The van der Waals surface area contributed by atoms with Crippen LogP contribution in [0.3, 0.4) is 0 Å². The Labute approximate surface area is 80.6 Å². The summed E-state index contributed by atoms with van der Waals surface area (Å²) < 4.78 is 30.0. The van der Waals surface area contributed by atoms with E-state index in [0.717, 1.165) is 12.1 Å². The van der Waals surface area contributed by atoms with E-state index in [1.165, 1.54) is 0 Å². The number of nitrogens with two attached hydrogens (primary N) is 1. The third-order valence-electron chi connectivity index (χ3n) is 1.17. The van der Waals surface area contributed by atoms with E-state index in [-0.39, 0.29) is 4.47 Å². The van der Waals surface area contributed by atoms with Crippen molar-refractivity contribution in [1.82, 2.24) is 0 Å². The predicted octanol–water partition coefficient (Wildman–Crippen LogP) is 2.18. The van der Waals surface area contributed by atoms with E-state index in [1.54, 1.807) is 0 Å². The molecule has 1 rings (SSSR count). The summed E-state index contributed by atoms with van der Waals surface area (Å²) in [6, 6.07) is 1.92. The van der Waals surface area contributed by atoms with Crippen LogP contribution in [0.2, 0.25) is 0 Å². The fourth-order valence-electron chi connectivity index (χ4n) is 0.727. The molecule has 0 heterocycles. The van der Waals surface area contributed by atoms with Crippen LogP contribution in [0.4, 0.5) is 13.6 Å². The van der Waals surface area contributed by atoms with Crippen LogP contribution < -0.4 is 10.5 Å². The molecule has 0 aliphatic rings. The number of carbonyl (C=O) groups is 1. The van der Waals surface area contributed by atoms with Gasteiger partial charge in [0.05, 0.1) is 0 Å². The minimum absolute atomic E-state index is 0.208. The van der Waals surface area contributed by atoms with Gasteiger partial charge in [0.25, 0.3) is 0 Å². The number of amides is 1. The molecule has 0 fully saturated rings. The van der Waals surface area contributed by atoms with Gasteiger partial charge in [0, 0.05) is 4.47 Å². The highest BCUT2D eigenvalue weighted by Gasteiger charge is 2.13. The molecular weight excluding hydrogens is 248 g/mol. The molecular formula is C7H4BrF2NO2. The van der Waals surface area contributed by atoms with Crippen molar-refractivity contribution in [3.63, 3.8) is 0 Å². The van der Waals surface area contributed by atoms with Gasteiger partial charge in [0.1, 0.15) is 0 Å². The number of ether oxygens (including phenoxy) is 1. The van der Waals surface area contributed by atoms with Crippen LogP contribution in [0.5, 0.6) is 5.75 Å². The molecule has 1 aromatic rings. The van der Waals surface area contributed by atoms with Crippen LogP contribution >= 0.6 is 15.9 Å². The maximum atomic E-state index is 12.9. The minimum Gasteiger partial charge on any atom is -0.404 e. The first-order valence-electron chi connectivity index (χ1n) is 3.12. The molecule has 2 N–H and O–H groups in total. The highest BCUT2D eigenvalue weighted by atomic mass is 79.9. The van der Waals surface area contributed by atoms with Crippen molar-refractivity contribution in [2.75, 3.05) is 0 Å². The van der Waals surface area contributed by atoms with Gasteiger partial charge < -0.3 is 10.5 Å². The molecule has 0 saturated carbocycles. The quantitative estimate of drug-likeness (QED) is 0.832. The van der Waals surface area contributed by atoms with Gasteiger partial charge in [-0.15, -0.1) is 0 Å². The summed E-state index contributed by atoms with van der Waals surface area (Å²) in [6.45, 7) is 0. The maximum Gasteiger partial charge on any atom is 0.410 e. The van der Waals surface area contributed by atoms with Gasteiger partial charge in [-0.05, 0) is 12.1 Å². The summed E-state index contributed by atoms with van der Waals surface area (Å²) in [5.74, 6) is -2.79. The molecule has 1 aromatic carbocycles. The number of hydrogen-bond acceptors (Lipinski definition) is 2. The third kappa shape index (κ3) is 2.38. The van der Waals surface area contributed by atoms with E-state index in [4.69, 9.17) is 0 Å². The van der Waals surface area contributed by atoms with Crippen LogP contribution in [0, 0.1) is 11.6 Å². The summed E-state index contributed by atoms with van der Waals surface area (Å²) >= 11 is 2.86. The Morgan fingerprint density at radius 3 is 2.23 bits per heavy atom. The molecule has 1 amide bonds. The van der Waals surface area contributed by atoms with Gasteiger partial charge >= 0.3 is 6.09 Å². The van der Waals surface area contributed by atoms with Crippen molar-refractivity contribution in [3.05, 3.63) is 28.2 Å². The highest BCUT2D eigenvalue weighted by Crippen LogP contribution is 2.25. The van der Waals surface area contributed by atoms with Crippen LogP contribution in [0.15, 0.2) is 16.6 Å². The van der Waals surface area contributed by atoms with E-state index in [2.05, 4.69) is 26.4 Å². The summed E-state index contributed by atoms with van der Waals surface area (Å²) in [7, 11) is 0. The van der Waals surface area contributed by atoms with Gasteiger partial charge in [0.15, 0.2) is 11.6 Å². The number of halogens is 3. The van der Waals surface area contributed by atoms with Crippen LogP contribution in [-0.2, 0) is 0 Å². The third-order valence-corrected chi connectivity index (χ3v) is 1.62. The van der Waals surface area contributed by atoms with Crippen molar-refractivity contribution in [2.24, 2.45) is 5.73 Å². The Balaban J connectivity index is 3.13. The maximum absolute atomic E-state index is 12.9. The van der Waals surface area contributed by atoms with E-state index >= 15 is 0 Å². The Hall–Kier alpha value is -1.17. The summed E-state index contributed by atoms with van der Waals surface area (Å²) in [6.07, 6.45) is -1.26. The zero-order valence-corrected chi connectivity index (χ0v) is 7.77. The standard InChI is InChI=1S/C7H4BrF2NO2/c8-3-1-4(9)6(5(10)2-3)13-7(11)12/h1-2H,(H2,11,12). The second-order valence-electron chi connectivity index (χ2n) is 2.12. The van der Waals surface area contributed by atoms with Crippen molar-refractivity contribution in [1.29, 1.82) is 0 Å². The molecule has 13 heavy (non-hydrogen) atoms. The van der Waals surface area contributed by atoms with Crippen LogP contribution in [-0.4, -0.2) is 6.09 Å². The second kappa shape index (κ2) is 3.69. The summed E-state index contributed by atoms with van der Waals surface area (Å²) in [5, 5.41) is 0. The number of hydrogen-bond donors (Lipinski definition) is 1. The van der Waals surface area contributed by atoms with E-state index < -0.39 is 23.5 Å². The van der Waals surface area contributed by atoms with Crippen molar-refractivity contribution in [2.45, 2.75) is 0 Å². The number of carbonyl (C=O) groups excluding carboxylic acids is 1. The Morgan fingerprint density at radius 2 is 1.85 bits per heavy atom. The smallest absolute Gasteiger partial charge is 0.404 e. The van der Waals surface area contributed by atoms with Gasteiger partial charge in [-0.3, -0.25) is 0 Å². The van der Waals surface area contributed by atoms with E-state index in [1.807, 2.05) is 0 Å². The molecule has 0 bridgehead atoms. The summed E-state index contributed by atoms with van der Waals surface area (Å²) in [4.78, 5) is 10.2. The monoisotopic (exact) mass is 251 g/mol. The molecule has 0 radical (unpaired) electrons. The van der Waals surface area contributed by atoms with Crippen molar-refractivity contribution >= 4 is 22.0 Å². The average molecular weight is 252 g/mol.